The normalized spacial score (nSPS) is 12.8. The van der Waals surface area contributed by atoms with Crippen molar-refractivity contribution in [1.29, 1.82) is 0 Å². The van der Waals surface area contributed by atoms with E-state index in [1.807, 2.05) is 11.8 Å². The molecule has 1 unspecified atom stereocenters. The van der Waals surface area contributed by atoms with Gasteiger partial charge in [0, 0.05) is 12.6 Å². The Hall–Kier alpha value is -0.640. The van der Waals surface area contributed by atoms with E-state index < -0.39 is 0 Å². The molecule has 0 heterocycles. The molecule has 0 bridgehead atoms. The lowest BCUT2D eigenvalue weighted by molar-refractivity contribution is -0.136. The van der Waals surface area contributed by atoms with Gasteiger partial charge in [0.1, 0.15) is 0 Å². The molecule has 0 saturated heterocycles. The summed E-state index contributed by atoms with van der Waals surface area (Å²) in [6.45, 7) is 11.2. The first kappa shape index (κ1) is 17.4. The molecule has 0 aromatic carbocycles. The lowest BCUT2D eigenvalue weighted by Gasteiger charge is -2.34. The van der Waals surface area contributed by atoms with Crippen LogP contribution in [0.2, 0.25) is 0 Å². The summed E-state index contributed by atoms with van der Waals surface area (Å²) in [6.07, 6.45) is 2.63. The van der Waals surface area contributed by atoms with Crippen LogP contribution in [-0.4, -0.2) is 28.4 Å². The van der Waals surface area contributed by atoms with Crippen molar-refractivity contribution in [2.75, 3.05) is 6.54 Å². The van der Waals surface area contributed by atoms with Gasteiger partial charge in [-0.2, -0.15) is 0 Å². The van der Waals surface area contributed by atoms with Gasteiger partial charge in [-0.15, -0.1) is 0 Å². The summed E-state index contributed by atoms with van der Waals surface area (Å²) >= 11 is 5.01. The monoisotopic (exact) mass is 272 g/mol. The van der Waals surface area contributed by atoms with E-state index >= 15 is 0 Å². The van der Waals surface area contributed by atoms with Crippen LogP contribution in [0.5, 0.6) is 0 Å². The predicted octanol–water partition coefficient (Wildman–Crippen LogP) is 2.97. The van der Waals surface area contributed by atoms with Crippen molar-refractivity contribution in [3.63, 3.8) is 0 Å². The summed E-state index contributed by atoms with van der Waals surface area (Å²) in [5, 5.41) is 0. The summed E-state index contributed by atoms with van der Waals surface area (Å²) in [6, 6.07) is 0.295. The Kier molecular flexibility index (Phi) is 8.16. The van der Waals surface area contributed by atoms with Crippen LogP contribution < -0.4 is 5.73 Å². The third kappa shape index (κ3) is 4.92. The average molecular weight is 272 g/mol. The van der Waals surface area contributed by atoms with Gasteiger partial charge in [0.05, 0.1) is 10.9 Å². The smallest absolute Gasteiger partial charge is 0.232 e. The van der Waals surface area contributed by atoms with Gasteiger partial charge in [0.2, 0.25) is 5.91 Å². The van der Waals surface area contributed by atoms with Gasteiger partial charge in [-0.25, -0.2) is 0 Å². The summed E-state index contributed by atoms with van der Waals surface area (Å²) in [4.78, 5) is 14.9. The summed E-state index contributed by atoms with van der Waals surface area (Å²) in [5.41, 5.74) is 5.68. The third-order valence-electron chi connectivity index (χ3n) is 3.28. The molecule has 0 aromatic heterocycles. The van der Waals surface area contributed by atoms with E-state index in [0.717, 1.165) is 19.4 Å². The number of hydrogen-bond donors (Lipinski definition) is 1. The Bertz CT molecular complexity index is 275. The van der Waals surface area contributed by atoms with Gasteiger partial charge < -0.3 is 10.6 Å². The second-order valence-electron chi connectivity index (χ2n) is 5.22. The first-order valence-electron chi connectivity index (χ1n) is 6.98. The van der Waals surface area contributed by atoms with Gasteiger partial charge in [-0.1, -0.05) is 46.8 Å². The van der Waals surface area contributed by atoms with Gasteiger partial charge in [0.25, 0.3) is 0 Å². The molecule has 18 heavy (non-hydrogen) atoms. The molecule has 0 radical (unpaired) electrons. The van der Waals surface area contributed by atoms with Crippen molar-refractivity contribution in [1.82, 2.24) is 4.90 Å². The molecule has 3 nitrogen and oxygen atoms in total. The molecule has 2 N–H and O–H groups in total. The Labute approximate surface area is 117 Å². The van der Waals surface area contributed by atoms with Crippen LogP contribution in [0.15, 0.2) is 0 Å². The van der Waals surface area contributed by atoms with Crippen LogP contribution in [0.25, 0.3) is 0 Å². The van der Waals surface area contributed by atoms with E-state index in [0.29, 0.717) is 23.4 Å². The van der Waals surface area contributed by atoms with Crippen LogP contribution >= 0.6 is 12.2 Å². The maximum atomic E-state index is 12.6. The Balaban J connectivity index is 5.04. The molecule has 0 aliphatic heterocycles. The number of nitrogens with zero attached hydrogens (tertiary/aromatic N) is 1. The Morgan fingerprint density at radius 1 is 1.17 bits per heavy atom. The standard InChI is InChI=1S/C14H28N2OS/c1-6-11(7-2)16(9-10(4)5)14(17)12(8-3)13(15)18/h10-12H,6-9H2,1-5H3,(H2,15,18). The molecule has 1 atom stereocenters. The van der Waals surface area contributed by atoms with E-state index in [2.05, 4.69) is 27.7 Å². The molecule has 0 aliphatic carbocycles. The zero-order valence-electron chi connectivity index (χ0n) is 12.4. The fraction of sp³-hybridized carbons (Fsp3) is 0.857. The van der Waals surface area contributed by atoms with E-state index in [9.17, 15) is 4.79 Å². The molecular weight excluding hydrogens is 244 g/mol. The molecule has 0 rings (SSSR count). The first-order chi connectivity index (χ1) is 8.38. The minimum absolute atomic E-state index is 0.104. The van der Waals surface area contributed by atoms with Crippen molar-refractivity contribution in [3.05, 3.63) is 0 Å². The highest BCUT2D eigenvalue weighted by molar-refractivity contribution is 7.80. The summed E-state index contributed by atoms with van der Waals surface area (Å²) in [7, 11) is 0. The molecule has 1 amide bonds. The molecule has 0 spiro atoms. The molecule has 0 aromatic rings. The van der Waals surface area contributed by atoms with Gasteiger partial charge in [-0.3, -0.25) is 4.79 Å². The van der Waals surface area contributed by atoms with E-state index in [-0.39, 0.29) is 11.8 Å². The number of carbonyl (C=O) groups is 1. The fourth-order valence-electron chi connectivity index (χ4n) is 2.24. The molecular formula is C14H28N2OS. The van der Waals surface area contributed by atoms with Crippen LogP contribution in [0.1, 0.15) is 53.9 Å². The molecule has 0 aliphatic rings. The number of nitrogens with two attached hydrogens (primary N) is 1. The maximum Gasteiger partial charge on any atom is 0.232 e. The Morgan fingerprint density at radius 2 is 1.67 bits per heavy atom. The SMILES string of the molecule is CCC(C(=O)N(CC(C)C)C(CC)CC)C(N)=S. The van der Waals surface area contributed by atoms with Gasteiger partial charge in [-0.05, 0) is 25.2 Å². The highest BCUT2D eigenvalue weighted by Gasteiger charge is 2.29. The molecule has 0 saturated carbocycles. The number of rotatable bonds is 8. The molecule has 106 valence electrons. The highest BCUT2D eigenvalue weighted by atomic mass is 32.1. The van der Waals surface area contributed by atoms with Gasteiger partial charge in [0.15, 0.2) is 0 Å². The Morgan fingerprint density at radius 3 is 1.94 bits per heavy atom. The number of thiocarbonyl (C=S) groups is 1. The maximum absolute atomic E-state index is 12.6. The predicted molar refractivity (Wildman–Crippen MR) is 81.5 cm³/mol. The quantitative estimate of drug-likeness (QED) is 0.691. The molecule has 0 fully saturated rings. The van der Waals surface area contributed by atoms with E-state index in [1.54, 1.807) is 0 Å². The zero-order valence-corrected chi connectivity index (χ0v) is 13.2. The number of amides is 1. The lowest BCUT2D eigenvalue weighted by Crippen LogP contribution is -2.47. The van der Waals surface area contributed by atoms with Crippen molar-refractivity contribution in [3.8, 4) is 0 Å². The minimum Gasteiger partial charge on any atom is -0.393 e. The van der Waals surface area contributed by atoms with E-state index in [1.165, 1.54) is 0 Å². The second kappa shape index (κ2) is 8.46. The van der Waals surface area contributed by atoms with Gasteiger partial charge >= 0.3 is 0 Å². The summed E-state index contributed by atoms with van der Waals surface area (Å²) < 4.78 is 0. The largest absolute Gasteiger partial charge is 0.393 e. The average Bonchev–Trinajstić information content (AvgIpc) is 2.29. The van der Waals surface area contributed by atoms with Crippen molar-refractivity contribution >= 4 is 23.1 Å². The van der Waals surface area contributed by atoms with Crippen LogP contribution in [0.3, 0.4) is 0 Å². The topological polar surface area (TPSA) is 46.3 Å². The van der Waals surface area contributed by atoms with Crippen molar-refractivity contribution in [2.24, 2.45) is 17.6 Å². The highest BCUT2D eigenvalue weighted by Crippen LogP contribution is 2.17. The van der Waals surface area contributed by atoms with Crippen LogP contribution in [0, 0.1) is 11.8 Å². The second-order valence-corrected chi connectivity index (χ2v) is 5.69. The number of hydrogen-bond acceptors (Lipinski definition) is 2. The zero-order chi connectivity index (χ0) is 14.3. The first-order valence-corrected chi connectivity index (χ1v) is 7.39. The third-order valence-corrected chi connectivity index (χ3v) is 3.56. The lowest BCUT2D eigenvalue weighted by atomic mass is 10.0. The van der Waals surface area contributed by atoms with Crippen LogP contribution in [0.4, 0.5) is 0 Å². The van der Waals surface area contributed by atoms with Crippen LogP contribution in [-0.2, 0) is 4.79 Å². The van der Waals surface area contributed by atoms with E-state index in [4.69, 9.17) is 18.0 Å². The number of carbonyl (C=O) groups excluding carboxylic acids is 1. The minimum atomic E-state index is -0.306. The molecule has 4 heteroatoms. The van der Waals surface area contributed by atoms with Crippen molar-refractivity contribution < 1.29 is 4.79 Å². The fourth-order valence-corrected chi connectivity index (χ4v) is 2.51. The van der Waals surface area contributed by atoms with Crippen molar-refractivity contribution in [2.45, 2.75) is 59.9 Å². The summed E-state index contributed by atoms with van der Waals surface area (Å²) in [5.74, 6) is 0.255.